The first kappa shape index (κ1) is 13.5. The molecule has 1 heterocycles. The van der Waals surface area contributed by atoms with Gasteiger partial charge in [0.15, 0.2) is 0 Å². The van der Waals surface area contributed by atoms with Gasteiger partial charge in [0, 0.05) is 12.4 Å². The van der Waals surface area contributed by atoms with Gasteiger partial charge in [-0.2, -0.15) is 0 Å². The highest BCUT2D eigenvalue weighted by atomic mass is 32.1. The molecular formula is C13H14FN3OS. The molecule has 100 valence electrons. The Labute approximate surface area is 114 Å². The molecule has 4 nitrogen and oxygen atoms in total. The van der Waals surface area contributed by atoms with Crippen LogP contribution in [-0.2, 0) is 6.54 Å². The number of halogens is 1. The number of rotatable bonds is 3. The Balaban J connectivity index is 2.17. The standard InChI is InChI=1S/C13H14FN3OS/c1-8-16-9(7-19-8)6-17(2)13(18)10-4-3-5-11(14)12(10)15/h3-5,7H,6,15H2,1-2H3. The average molecular weight is 279 g/mol. The lowest BCUT2D eigenvalue weighted by atomic mass is 10.1. The van der Waals surface area contributed by atoms with Crippen molar-refractivity contribution in [1.82, 2.24) is 9.88 Å². The predicted molar refractivity (Wildman–Crippen MR) is 73.5 cm³/mol. The van der Waals surface area contributed by atoms with E-state index in [2.05, 4.69) is 4.98 Å². The van der Waals surface area contributed by atoms with Crippen LogP contribution in [0.2, 0.25) is 0 Å². The molecule has 19 heavy (non-hydrogen) atoms. The maximum absolute atomic E-state index is 13.3. The number of para-hydroxylation sites is 1. The molecule has 0 unspecified atom stereocenters. The van der Waals surface area contributed by atoms with Gasteiger partial charge in [0.2, 0.25) is 0 Å². The molecule has 0 atom stereocenters. The fraction of sp³-hybridized carbons (Fsp3) is 0.231. The number of thiazole rings is 1. The Hall–Kier alpha value is -1.95. The molecule has 0 radical (unpaired) electrons. The summed E-state index contributed by atoms with van der Waals surface area (Å²) < 4.78 is 13.3. The van der Waals surface area contributed by atoms with Crippen LogP contribution in [0.3, 0.4) is 0 Å². The van der Waals surface area contributed by atoms with Crippen LogP contribution in [0.5, 0.6) is 0 Å². The lowest BCUT2D eigenvalue weighted by Gasteiger charge is -2.17. The zero-order valence-electron chi connectivity index (χ0n) is 10.7. The number of nitrogens with two attached hydrogens (primary N) is 1. The zero-order valence-corrected chi connectivity index (χ0v) is 11.5. The molecule has 1 amide bonds. The van der Waals surface area contributed by atoms with Gasteiger partial charge in [-0.05, 0) is 19.1 Å². The number of nitrogens with zero attached hydrogens (tertiary/aromatic N) is 2. The van der Waals surface area contributed by atoms with Crippen molar-refractivity contribution < 1.29 is 9.18 Å². The van der Waals surface area contributed by atoms with Gasteiger partial charge in [-0.25, -0.2) is 9.37 Å². The Morgan fingerprint density at radius 2 is 2.26 bits per heavy atom. The van der Waals surface area contributed by atoms with Crippen LogP contribution in [0.25, 0.3) is 0 Å². The zero-order chi connectivity index (χ0) is 14.0. The molecule has 0 aliphatic heterocycles. The molecule has 2 aromatic rings. The minimum absolute atomic E-state index is 0.117. The van der Waals surface area contributed by atoms with Gasteiger partial charge in [-0.1, -0.05) is 6.07 Å². The van der Waals surface area contributed by atoms with Crippen LogP contribution < -0.4 is 5.73 Å². The molecule has 2 N–H and O–H groups in total. The van der Waals surface area contributed by atoms with Crippen LogP contribution >= 0.6 is 11.3 Å². The van der Waals surface area contributed by atoms with Crippen LogP contribution in [0.1, 0.15) is 21.1 Å². The molecule has 0 saturated carbocycles. The number of aryl methyl sites for hydroxylation is 1. The fourth-order valence-electron chi connectivity index (χ4n) is 1.72. The van der Waals surface area contributed by atoms with E-state index < -0.39 is 5.82 Å². The normalized spacial score (nSPS) is 10.5. The minimum atomic E-state index is -0.580. The maximum atomic E-state index is 13.3. The summed E-state index contributed by atoms with van der Waals surface area (Å²) >= 11 is 1.53. The molecular weight excluding hydrogens is 265 g/mol. The molecule has 2 rings (SSSR count). The number of carbonyl (C=O) groups excluding carboxylic acids is 1. The van der Waals surface area contributed by atoms with E-state index in [1.165, 1.54) is 34.4 Å². The number of amides is 1. The van der Waals surface area contributed by atoms with Crippen LogP contribution in [0, 0.1) is 12.7 Å². The van der Waals surface area contributed by atoms with Gasteiger partial charge in [0.05, 0.1) is 28.5 Å². The third-order valence-electron chi connectivity index (χ3n) is 2.70. The van der Waals surface area contributed by atoms with E-state index in [1.807, 2.05) is 12.3 Å². The molecule has 1 aromatic carbocycles. The summed E-state index contributed by atoms with van der Waals surface area (Å²) in [6.45, 7) is 2.28. The Bertz CT molecular complexity index is 612. The summed E-state index contributed by atoms with van der Waals surface area (Å²) in [7, 11) is 1.64. The Morgan fingerprint density at radius 3 is 2.89 bits per heavy atom. The average Bonchev–Trinajstić information content (AvgIpc) is 2.77. The van der Waals surface area contributed by atoms with E-state index in [0.717, 1.165) is 10.7 Å². The van der Waals surface area contributed by atoms with E-state index in [4.69, 9.17) is 5.73 Å². The molecule has 6 heteroatoms. The number of aromatic nitrogens is 1. The number of nitrogen functional groups attached to an aromatic ring is 1. The third-order valence-corrected chi connectivity index (χ3v) is 3.52. The molecule has 0 aliphatic carbocycles. The Kier molecular flexibility index (Phi) is 3.80. The van der Waals surface area contributed by atoms with E-state index >= 15 is 0 Å². The third kappa shape index (κ3) is 2.90. The van der Waals surface area contributed by atoms with E-state index in [0.29, 0.717) is 6.54 Å². The highest BCUT2D eigenvalue weighted by Gasteiger charge is 2.17. The fourth-order valence-corrected chi connectivity index (χ4v) is 2.33. The summed E-state index contributed by atoms with van der Waals surface area (Å²) in [5.74, 6) is -0.897. The van der Waals surface area contributed by atoms with Crippen molar-refractivity contribution in [3.8, 4) is 0 Å². The minimum Gasteiger partial charge on any atom is -0.396 e. The van der Waals surface area contributed by atoms with Crippen LogP contribution in [0.4, 0.5) is 10.1 Å². The van der Waals surface area contributed by atoms with Crippen molar-refractivity contribution in [3.63, 3.8) is 0 Å². The summed E-state index contributed by atoms with van der Waals surface area (Å²) in [4.78, 5) is 17.9. The second kappa shape index (κ2) is 5.36. The highest BCUT2D eigenvalue weighted by molar-refractivity contribution is 7.09. The van der Waals surface area contributed by atoms with Gasteiger partial charge >= 0.3 is 0 Å². The van der Waals surface area contributed by atoms with Gasteiger partial charge in [0.1, 0.15) is 5.82 Å². The number of anilines is 1. The second-order valence-electron chi connectivity index (χ2n) is 4.22. The van der Waals surface area contributed by atoms with Crippen LogP contribution in [0.15, 0.2) is 23.6 Å². The SMILES string of the molecule is Cc1nc(CN(C)C(=O)c2cccc(F)c2N)cs1. The lowest BCUT2D eigenvalue weighted by Crippen LogP contribution is -2.27. The first-order chi connectivity index (χ1) is 8.99. The number of hydrogen-bond acceptors (Lipinski definition) is 4. The highest BCUT2D eigenvalue weighted by Crippen LogP contribution is 2.18. The van der Waals surface area contributed by atoms with Crippen molar-refractivity contribution in [3.05, 3.63) is 45.7 Å². The molecule has 0 saturated heterocycles. The van der Waals surface area contributed by atoms with E-state index in [-0.39, 0.29) is 17.2 Å². The van der Waals surface area contributed by atoms with Crippen molar-refractivity contribution in [1.29, 1.82) is 0 Å². The quantitative estimate of drug-likeness (QED) is 0.878. The summed E-state index contributed by atoms with van der Waals surface area (Å²) in [5.41, 5.74) is 6.45. The van der Waals surface area contributed by atoms with E-state index in [9.17, 15) is 9.18 Å². The number of hydrogen-bond donors (Lipinski definition) is 1. The van der Waals surface area contributed by atoms with Gasteiger partial charge in [-0.3, -0.25) is 4.79 Å². The smallest absolute Gasteiger partial charge is 0.256 e. The van der Waals surface area contributed by atoms with Crippen LogP contribution in [-0.4, -0.2) is 22.8 Å². The monoisotopic (exact) mass is 279 g/mol. The van der Waals surface area contributed by atoms with Crippen molar-refractivity contribution in [2.75, 3.05) is 12.8 Å². The molecule has 0 fully saturated rings. The van der Waals surface area contributed by atoms with Gasteiger partial charge in [0.25, 0.3) is 5.91 Å². The van der Waals surface area contributed by atoms with Crippen molar-refractivity contribution in [2.45, 2.75) is 13.5 Å². The first-order valence-electron chi connectivity index (χ1n) is 5.69. The summed E-state index contributed by atoms with van der Waals surface area (Å²) in [6.07, 6.45) is 0. The van der Waals surface area contributed by atoms with Crippen molar-refractivity contribution in [2.24, 2.45) is 0 Å². The molecule has 1 aromatic heterocycles. The maximum Gasteiger partial charge on any atom is 0.256 e. The Morgan fingerprint density at radius 1 is 1.53 bits per heavy atom. The number of carbonyl (C=O) groups is 1. The molecule has 0 bridgehead atoms. The summed E-state index contributed by atoms with van der Waals surface area (Å²) in [5, 5.41) is 2.84. The molecule has 0 aliphatic rings. The van der Waals surface area contributed by atoms with E-state index in [1.54, 1.807) is 7.05 Å². The topological polar surface area (TPSA) is 59.2 Å². The first-order valence-corrected chi connectivity index (χ1v) is 6.57. The molecule has 0 spiro atoms. The van der Waals surface area contributed by atoms with Crippen molar-refractivity contribution >= 4 is 22.9 Å². The number of benzene rings is 1. The van der Waals surface area contributed by atoms with Gasteiger partial charge < -0.3 is 10.6 Å². The lowest BCUT2D eigenvalue weighted by molar-refractivity contribution is 0.0784. The van der Waals surface area contributed by atoms with Gasteiger partial charge in [-0.15, -0.1) is 11.3 Å². The summed E-state index contributed by atoms with van der Waals surface area (Å²) in [6, 6.07) is 4.22. The largest absolute Gasteiger partial charge is 0.396 e. The predicted octanol–water partition coefficient (Wildman–Crippen LogP) is 2.45. The second-order valence-corrected chi connectivity index (χ2v) is 5.28.